The summed E-state index contributed by atoms with van der Waals surface area (Å²) in [6, 6.07) is 18.9. The Morgan fingerprint density at radius 1 is 0.825 bits per heavy atom. The number of ether oxygens (including phenoxy) is 2. The van der Waals surface area contributed by atoms with E-state index >= 15 is 0 Å². The molecular weight excluding hydrogens is 530 g/mol. The molecule has 0 aliphatic carbocycles. The summed E-state index contributed by atoms with van der Waals surface area (Å²) in [5, 5.41) is 5.71. The topological polar surface area (TPSA) is 114 Å². The Labute approximate surface area is 235 Å². The number of hydrogen-bond donors (Lipinski definition) is 2. The molecule has 2 amide bonds. The van der Waals surface area contributed by atoms with Gasteiger partial charge in [0.2, 0.25) is 10.0 Å². The zero-order chi connectivity index (χ0) is 28.5. The number of hydrogen-bond acceptors (Lipinski definition) is 6. The van der Waals surface area contributed by atoms with E-state index in [0.29, 0.717) is 59.9 Å². The number of sulfonamides is 1. The lowest BCUT2D eigenvalue weighted by atomic mass is 10.1. The Balaban J connectivity index is 1.35. The molecule has 1 aliphatic rings. The molecule has 0 atom stereocenters. The highest BCUT2D eigenvalue weighted by Gasteiger charge is 2.24. The predicted molar refractivity (Wildman–Crippen MR) is 154 cm³/mol. The smallest absolute Gasteiger partial charge is 0.255 e. The van der Waals surface area contributed by atoms with Crippen LogP contribution < -0.4 is 20.1 Å². The Bertz CT molecular complexity index is 1430. The van der Waals surface area contributed by atoms with Crippen LogP contribution in [0.2, 0.25) is 0 Å². The predicted octanol–water partition coefficient (Wildman–Crippen LogP) is 4.24. The number of carbonyl (C=O) groups excluding carboxylic acids is 2. The molecule has 3 aromatic rings. The highest BCUT2D eigenvalue weighted by atomic mass is 32.2. The minimum absolute atomic E-state index is 0.0960. The van der Waals surface area contributed by atoms with E-state index in [2.05, 4.69) is 10.6 Å². The van der Waals surface area contributed by atoms with E-state index in [1.54, 1.807) is 67.1 Å². The summed E-state index contributed by atoms with van der Waals surface area (Å²) >= 11 is 0. The zero-order valence-corrected chi connectivity index (χ0v) is 23.6. The summed E-state index contributed by atoms with van der Waals surface area (Å²) in [6.45, 7) is 1.51. The lowest BCUT2D eigenvalue weighted by molar-refractivity contribution is 0.0955. The van der Waals surface area contributed by atoms with Crippen LogP contribution in [0.1, 0.15) is 51.1 Å². The first-order chi connectivity index (χ1) is 19.3. The van der Waals surface area contributed by atoms with Crippen LogP contribution in [0.25, 0.3) is 0 Å². The minimum Gasteiger partial charge on any atom is -0.493 e. The van der Waals surface area contributed by atoms with E-state index in [1.165, 1.54) is 0 Å². The number of anilines is 1. The Morgan fingerprint density at radius 3 is 2.20 bits per heavy atom. The van der Waals surface area contributed by atoms with Crippen LogP contribution in [0.4, 0.5) is 5.69 Å². The molecule has 3 aromatic carbocycles. The third kappa shape index (κ3) is 7.40. The quantitative estimate of drug-likeness (QED) is 0.360. The Morgan fingerprint density at radius 2 is 1.50 bits per heavy atom. The fourth-order valence-corrected chi connectivity index (χ4v) is 6.24. The van der Waals surface area contributed by atoms with Gasteiger partial charge in [-0.15, -0.1) is 0 Å². The van der Waals surface area contributed by atoms with Crippen molar-refractivity contribution in [1.82, 2.24) is 9.62 Å². The van der Waals surface area contributed by atoms with Gasteiger partial charge in [-0.25, -0.2) is 12.7 Å². The minimum atomic E-state index is -3.39. The van der Waals surface area contributed by atoms with Gasteiger partial charge in [-0.2, -0.15) is 0 Å². The maximum atomic E-state index is 13.0. The number of amides is 2. The van der Waals surface area contributed by atoms with Crippen molar-refractivity contribution in [3.8, 4) is 11.5 Å². The van der Waals surface area contributed by atoms with Crippen LogP contribution in [0.5, 0.6) is 11.5 Å². The monoisotopic (exact) mass is 565 g/mol. The molecule has 2 N–H and O–H groups in total. The molecule has 212 valence electrons. The number of rotatable bonds is 11. The van der Waals surface area contributed by atoms with E-state index in [1.807, 2.05) is 18.2 Å². The number of benzene rings is 3. The standard InChI is InChI=1S/C30H35N3O6S/c1-38-27-15-12-22(20-28(27)39-2)16-17-31-30(35)25-8-4-5-9-26(25)32-29(34)24-13-10-23(11-14-24)21-40(36,37)33-18-6-3-7-19-33/h4-5,8-15,20H,3,6-7,16-19,21H2,1-2H3,(H,31,35)(H,32,34). The van der Waals surface area contributed by atoms with Crippen LogP contribution in [0.15, 0.2) is 66.7 Å². The molecule has 1 saturated heterocycles. The highest BCUT2D eigenvalue weighted by molar-refractivity contribution is 7.88. The molecule has 0 spiro atoms. The van der Waals surface area contributed by atoms with Gasteiger partial charge in [-0.05, 0) is 66.8 Å². The van der Waals surface area contributed by atoms with Crippen molar-refractivity contribution >= 4 is 27.5 Å². The van der Waals surface area contributed by atoms with Gasteiger partial charge in [0, 0.05) is 25.2 Å². The van der Waals surface area contributed by atoms with Crippen LogP contribution in [0.3, 0.4) is 0 Å². The molecular formula is C30H35N3O6S. The summed E-state index contributed by atoms with van der Waals surface area (Å²) in [4.78, 5) is 25.9. The molecule has 1 fully saturated rings. The van der Waals surface area contributed by atoms with E-state index in [9.17, 15) is 18.0 Å². The van der Waals surface area contributed by atoms with Gasteiger partial charge in [-0.3, -0.25) is 9.59 Å². The first kappa shape index (κ1) is 29.1. The van der Waals surface area contributed by atoms with Crippen molar-refractivity contribution < 1.29 is 27.5 Å². The molecule has 0 unspecified atom stereocenters. The number of methoxy groups -OCH3 is 2. The number of nitrogens with zero attached hydrogens (tertiary/aromatic N) is 1. The fourth-order valence-electron chi connectivity index (χ4n) is 4.63. The van der Waals surface area contributed by atoms with Crippen LogP contribution in [-0.4, -0.2) is 58.4 Å². The first-order valence-corrected chi connectivity index (χ1v) is 14.9. The maximum absolute atomic E-state index is 13.0. The van der Waals surface area contributed by atoms with Gasteiger partial charge in [0.25, 0.3) is 11.8 Å². The van der Waals surface area contributed by atoms with Gasteiger partial charge in [0.05, 0.1) is 31.2 Å². The largest absolute Gasteiger partial charge is 0.493 e. The van der Waals surface area contributed by atoms with E-state index in [4.69, 9.17) is 9.47 Å². The summed E-state index contributed by atoms with van der Waals surface area (Å²) < 4.78 is 37.6. The Hall–Kier alpha value is -3.89. The normalized spacial score (nSPS) is 13.8. The van der Waals surface area contributed by atoms with Gasteiger partial charge in [0.1, 0.15) is 0 Å². The molecule has 0 saturated carbocycles. The van der Waals surface area contributed by atoms with Crippen molar-refractivity contribution in [3.05, 3.63) is 89.0 Å². The molecule has 0 aromatic heterocycles. The molecule has 10 heteroatoms. The average Bonchev–Trinajstić information content (AvgIpc) is 2.98. The molecule has 1 aliphatic heterocycles. The lowest BCUT2D eigenvalue weighted by Crippen LogP contribution is -2.36. The van der Waals surface area contributed by atoms with Crippen molar-refractivity contribution in [2.75, 3.05) is 39.2 Å². The van der Waals surface area contributed by atoms with Crippen LogP contribution in [-0.2, 0) is 22.2 Å². The molecule has 0 bridgehead atoms. The molecule has 9 nitrogen and oxygen atoms in total. The number of carbonyl (C=O) groups is 2. The zero-order valence-electron chi connectivity index (χ0n) is 22.8. The highest BCUT2D eigenvalue weighted by Crippen LogP contribution is 2.27. The second-order valence-corrected chi connectivity index (χ2v) is 11.6. The summed E-state index contributed by atoms with van der Waals surface area (Å²) in [5.41, 5.74) is 2.69. The van der Waals surface area contributed by atoms with Gasteiger partial charge < -0.3 is 20.1 Å². The SMILES string of the molecule is COc1ccc(CCNC(=O)c2ccccc2NC(=O)c2ccc(CS(=O)(=O)N3CCCCC3)cc2)cc1OC. The fraction of sp³-hybridized carbons (Fsp3) is 0.333. The van der Waals surface area contributed by atoms with Gasteiger partial charge >= 0.3 is 0 Å². The van der Waals surface area contributed by atoms with Gasteiger partial charge in [0.15, 0.2) is 11.5 Å². The Kier molecular flexibility index (Phi) is 9.79. The molecule has 40 heavy (non-hydrogen) atoms. The number of piperidine rings is 1. The van der Waals surface area contributed by atoms with E-state index in [0.717, 1.165) is 24.8 Å². The van der Waals surface area contributed by atoms with Crippen LogP contribution >= 0.6 is 0 Å². The number of para-hydroxylation sites is 1. The molecule has 4 rings (SSSR count). The van der Waals surface area contributed by atoms with Crippen molar-refractivity contribution in [2.24, 2.45) is 0 Å². The van der Waals surface area contributed by atoms with Crippen molar-refractivity contribution in [3.63, 3.8) is 0 Å². The number of nitrogens with one attached hydrogen (secondary N) is 2. The van der Waals surface area contributed by atoms with Gasteiger partial charge in [-0.1, -0.05) is 36.8 Å². The first-order valence-electron chi connectivity index (χ1n) is 13.3. The second kappa shape index (κ2) is 13.5. The van der Waals surface area contributed by atoms with E-state index in [-0.39, 0.29) is 11.7 Å². The second-order valence-electron chi connectivity index (χ2n) is 9.61. The maximum Gasteiger partial charge on any atom is 0.255 e. The van der Waals surface area contributed by atoms with Crippen molar-refractivity contribution in [1.29, 1.82) is 0 Å². The molecule has 0 radical (unpaired) electrons. The summed E-state index contributed by atoms with van der Waals surface area (Å²) in [6.07, 6.45) is 3.41. The lowest BCUT2D eigenvalue weighted by Gasteiger charge is -2.25. The summed E-state index contributed by atoms with van der Waals surface area (Å²) in [7, 11) is -0.239. The third-order valence-electron chi connectivity index (χ3n) is 6.84. The third-order valence-corrected chi connectivity index (χ3v) is 8.69. The molecule has 1 heterocycles. The van der Waals surface area contributed by atoms with E-state index < -0.39 is 15.9 Å². The summed E-state index contributed by atoms with van der Waals surface area (Å²) in [5.74, 6) is 0.458. The average molecular weight is 566 g/mol. The van der Waals surface area contributed by atoms with Crippen molar-refractivity contribution in [2.45, 2.75) is 31.4 Å². The van der Waals surface area contributed by atoms with Crippen LogP contribution in [0, 0.1) is 0 Å².